The number of carbonyl (C=O) groups excluding carboxylic acids is 2. The van der Waals surface area contributed by atoms with Crippen molar-refractivity contribution in [3.63, 3.8) is 0 Å². The first-order chi connectivity index (χ1) is 14.2. The van der Waals surface area contributed by atoms with Crippen molar-refractivity contribution in [3.8, 4) is 0 Å². The predicted molar refractivity (Wildman–Crippen MR) is 124 cm³/mol. The number of halogens is 1. The fraction of sp³-hybridized carbons (Fsp3) is 0.550. The molecular weight excluding hydrogens is 488 g/mol. The summed E-state index contributed by atoms with van der Waals surface area (Å²) in [7, 11) is 0. The van der Waals surface area contributed by atoms with E-state index in [-0.39, 0.29) is 5.91 Å². The van der Waals surface area contributed by atoms with E-state index in [0.717, 1.165) is 38.3 Å². The summed E-state index contributed by atoms with van der Waals surface area (Å²) in [5.41, 5.74) is -0.576. The summed E-state index contributed by atoms with van der Waals surface area (Å²) >= 11 is 6.71. The number of thiophene rings is 1. The molecule has 2 amide bonds. The highest BCUT2D eigenvalue weighted by Gasteiger charge is 2.37. The van der Waals surface area contributed by atoms with Gasteiger partial charge < -0.3 is 15.0 Å². The molecule has 30 heavy (non-hydrogen) atoms. The highest BCUT2D eigenvalue weighted by Crippen LogP contribution is 2.39. The van der Waals surface area contributed by atoms with Crippen LogP contribution in [0, 0.1) is 0 Å². The zero-order valence-corrected chi connectivity index (χ0v) is 20.4. The summed E-state index contributed by atoms with van der Waals surface area (Å²) in [4.78, 5) is 33.5. The lowest BCUT2D eigenvalue weighted by atomic mass is 10.0. The van der Waals surface area contributed by atoms with Gasteiger partial charge >= 0.3 is 6.09 Å². The number of hydrogen-bond acceptors (Lipinski definition) is 7. The van der Waals surface area contributed by atoms with E-state index in [9.17, 15) is 9.59 Å². The number of hydrogen-bond donors (Lipinski definition) is 1. The molecule has 162 valence electrons. The van der Waals surface area contributed by atoms with Crippen LogP contribution in [0.25, 0.3) is 0 Å². The van der Waals surface area contributed by atoms with Gasteiger partial charge in [-0.05, 0) is 61.7 Å². The molecule has 0 bridgehead atoms. The van der Waals surface area contributed by atoms with Gasteiger partial charge in [0, 0.05) is 25.6 Å². The molecule has 2 aliphatic rings. The number of nitrogens with zero attached hydrogens (tertiary/aromatic N) is 3. The van der Waals surface area contributed by atoms with Crippen LogP contribution in [0.15, 0.2) is 22.1 Å². The molecule has 2 fully saturated rings. The third-order valence-electron chi connectivity index (χ3n) is 5.06. The van der Waals surface area contributed by atoms with E-state index in [1.54, 1.807) is 27.6 Å². The molecule has 0 spiro atoms. The lowest BCUT2D eigenvalue weighted by Crippen LogP contribution is -2.45. The molecule has 7 nitrogen and oxygen atoms in total. The number of amides is 2. The molecule has 0 aliphatic carbocycles. The molecule has 4 rings (SSSR count). The molecule has 2 aromatic rings. The molecule has 1 N–H and O–H groups in total. The lowest BCUT2D eigenvalue weighted by molar-refractivity contribution is -0.120. The van der Waals surface area contributed by atoms with Crippen LogP contribution in [-0.4, -0.2) is 53.2 Å². The topological polar surface area (TPSA) is 74.8 Å². The van der Waals surface area contributed by atoms with Crippen molar-refractivity contribution in [2.75, 3.05) is 29.9 Å². The summed E-state index contributed by atoms with van der Waals surface area (Å²) in [5.74, 6) is 0.309. The van der Waals surface area contributed by atoms with Crippen LogP contribution in [0.5, 0.6) is 0 Å². The maximum absolute atomic E-state index is 12.8. The molecule has 0 radical (unpaired) electrons. The van der Waals surface area contributed by atoms with E-state index < -0.39 is 17.7 Å². The number of carbonyl (C=O) groups is 2. The SMILES string of the molecule is CC(C)(C)OC(=O)N1CCC[C@H]1C(=O)Nc1ccc(N2CC(c3ncc(Br)s3)C2)s1. The Labute approximate surface area is 192 Å². The van der Waals surface area contributed by atoms with Gasteiger partial charge in [-0.3, -0.25) is 9.69 Å². The van der Waals surface area contributed by atoms with Gasteiger partial charge in [0.1, 0.15) is 16.7 Å². The van der Waals surface area contributed by atoms with Gasteiger partial charge in [0.2, 0.25) is 5.91 Å². The van der Waals surface area contributed by atoms with Crippen molar-refractivity contribution >= 4 is 60.6 Å². The average Bonchev–Trinajstić information content (AvgIpc) is 3.33. The van der Waals surface area contributed by atoms with Crippen LogP contribution in [0.3, 0.4) is 0 Å². The number of ether oxygens (including phenoxy) is 1. The summed E-state index contributed by atoms with van der Waals surface area (Å²) in [5, 5.41) is 6.08. The predicted octanol–water partition coefficient (Wildman–Crippen LogP) is 4.91. The molecule has 2 saturated heterocycles. The third-order valence-corrected chi connectivity index (χ3v) is 7.76. The normalized spacial score (nSPS) is 19.7. The van der Waals surface area contributed by atoms with E-state index in [1.165, 1.54) is 0 Å². The van der Waals surface area contributed by atoms with Crippen LogP contribution >= 0.6 is 38.6 Å². The van der Waals surface area contributed by atoms with Crippen LogP contribution in [0.2, 0.25) is 0 Å². The van der Waals surface area contributed by atoms with Gasteiger partial charge in [0.25, 0.3) is 0 Å². The minimum absolute atomic E-state index is 0.152. The number of nitrogens with one attached hydrogen (secondary N) is 1. The zero-order chi connectivity index (χ0) is 21.5. The Bertz CT molecular complexity index is 933. The van der Waals surface area contributed by atoms with Gasteiger partial charge in [-0.2, -0.15) is 0 Å². The van der Waals surface area contributed by atoms with Gasteiger partial charge in [0.05, 0.1) is 20.0 Å². The first kappa shape index (κ1) is 21.6. The Hall–Kier alpha value is -1.65. The second-order valence-electron chi connectivity index (χ2n) is 8.56. The Morgan fingerprint density at radius 2 is 2.03 bits per heavy atom. The second-order valence-corrected chi connectivity index (χ2v) is 12.1. The summed E-state index contributed by atoms with van der Waals surface area (Å²) in [6, 6.07) is 3.48. The molecule has 10 heteroatoms. The number of likely N-dealkylation sites (tertiary alicyclic amines) is 1. The van der Waals surface area contributed by atoms with Crippen LogP contribution in [0.4, 0.5) is 14.8 Å². The van der Waals surface area contributed by atoms with Crippen LogP contribution in [0.1, 0.15) is 44.5 Å². The minimum Gasteiger partial charge on any atom is -0.444 e. The van der Waals surface area contributed by atoms with Crippen LogP contribution in [-0.2, 0) is 9.53 Å². The Balaban J connectivity index is 1.32. The van der Waals surface area contributed by atoms with Crippen molar-refractivity contribution in [2.24, 2.45) is 0 Å². The first-order valence-corrected chi connectivity index (χ1v) is 12.4. The fourth-order valence-electron chi connectivity index (χ4n) is 3.62. The van der Waals surface area contributed by atoms with E-state index >= 15 is 0 Å². The summed E-state index contributed by atoms with van der Waals surface area (Å²) in [6.07, 6.45) is 2.88. The van der Waals surface area contributed by atoms with E-state index in [2.05, 4.69) is 31.1 Å². The summed E-state index contributed by atoms with van der Waals surface area (Å²) < 4.78 is 6.51. The van der Waals surface area contributed by atoms with Crippen molar-refractivity contribution < 1.29 is 14.3 Å². The number of aromatic nitrogens is 1. The maximum Gasteiger partial charge on any atom is 0.410 e. The standard InChI is InChI=1S/C20H25BrN4O3S2/c1-20(2,3)28-19(27)25-8-4-5-13(25)17(26)23-15-6-7-16(30-15)24-10-12(11-24)18-22-9-14(21)29-18/h6-7,9,12-13H,4-5,8,10-11H2,1-3H3,(H,23,26)/t13-/m0/s1. The Morgan fingerprint density at radius 1 is 1.27 bits per heavy atom. The molecule has 2 aromatic heterocycles. The number of anilines is 2. The molecule has 4 heterocycles. The van der Waals surface area contributed by atoms with Crippen molar-refractivity contribution in [2.45, 2.75) is 51.2 Å². The minimum atomic E-state index is -0.576. The van der Waals surface area contributed by atoms with E-state index in [0.29, 0.717) is 18.9 Å². The summed E-state index contributed by atoms with van der Waals surface area (Å²) in [6.45, 7) is 7.90. The van der Waals surface area contributed by atoms with E-state index in [4.69, 9.17) is 4.74 Å². The quantitative estimate of drug-likeness (QED) is 0.629. The molecule has 0 unspecified atom stereocenters. The third kappa shape index (κ3) is 4.81. The maximum atomic E-state index is 12.8. The molecule has 0 aromatic carbocycles. The first-order valence-electron chi connectivity index (χ1n) is 9.96. The smallest absolute Gasteiger partial charge is 0.410 e. The highest BCUT2D eigenvalue weighted by atomic mass is 79.9. The average molecular weight is 513 g/mol. The lowest BCUT2D eigenvalue weighted by Gasteiger charge is -2.38. The molecule has 0 saturated carbocycles. The largest absolute Gasteiger partial charge is 0.444 e. The highest BCUT2D eigenvalue weighted by molar-refractivity contribution is 9.11. The second kappa shape index (κ2) is 8.47. The van der Waals surface area contributed by atoms with Crippen molar-refractivity contribution in [1.82, 2.24) is 9.88 Å². The molecular formula is C20H25BrN4O3S2. The number of rotatable bonds is 4. The fourth-order valence-corrected chi connectivity index (χ4v) is 5.87. The van der Waals surface area contributed by atoms with Crippen LogP contribution < -0.4 is 10.2 Å². The van der Waals surface area contributed by atoms with Gasteiger partial charge in [-0.1, -0.05) is 0 Å². The van der Waals surface area contributed by atoms with Gasteiger partial charge in [0.15, 0.2) is 0 Å². The zero-order valence-electron chi connectivity index (χ0n) is 17.2. The van der Waals surface area contributed by atoms with Crippen molar-refractivity contribution in [1.29, 1.82) is 0 Å². The molecule has 1 atom stereocenters. The number of thiazole rings is 1. The molecule has 2 aliphatic heterocycles. The van der Waals surface area contributed by atoms with Gasteiger partial charge in [-0.15, -0.1) is 22.7 Å². The Morgan fingerprint density at radius 3 is 2.70 bits per heavy atom. The monoisotopic (exact) mass is 512 g/mol. The van der Waals surface area contributed by atoms with Gasteiger partial charge in [-0.25, -0.2) is 9.78 Å². The Kier molecular flexibility index (Phi) is 6.09. The van der Waals surface area contributed by atoms with Crippen molar-refractivity contribution in [3.05, 3.63) is 27.1 Å². The van der Waals surface area contributed by atoms with E-state index in [1.807, 2.05) is 39.1 Å².